The minimum atomic E-state index is -0.287. The number of para-hydroxylation sites is 2. The fraction of sp³-hybridized carbons (Fsp3) is 0.333. The van der Waals surface area contributed by atoms with Crippen LogP contribution in [0.2, 0.25) is 0 Å². The van der Waals surface area contributed by atoms with E-state index in [1.54, 1.807) is 24.3 Å². The second-order valence-corrected chi connectivity index (χ2v) is 6.84. The number of ether oxygens (including phenoxy) is 2. The highest BCUT2D eigenvalue weighted by molar-refractivity contribution is 7.80. The van der Waals surface area contributed by atoms with Crippen molar-refractivity contribution in [1.29, 1.82) is 0 Å². The van der Waals surface area contributed by atoms with Gasteiger partial charge in [-0.2, -0.15) is 0 Å². The van der Waals surface area contributed by atoms with Gasteiger partial charge < -0.3 is 14.8 Å². The molecule has 5 nitrogen and oxygen atoms in total. The van der Waals surface area contributed by atoms with Crippen molar-refractivity contribution in [2.24, 2.45) is 0 Å². The van der Waals surface area contributed by atoms with Crippen molar-refractivity contribution in [3.63, 3.8) is 0 Å². The molecule has 1 atom stereocenters. The lowest BCUT2D eigenvalue weighted by atomic mass is 10.2. The van der Waals surface area contributed by atoms with Crippen molar-refractivity contribution in [3.05, 3.63) is 54.1 Å². The first-order valence-electron chi connectivity index (χ1n) is 9.03. The molecular formula is C21H26N2O3S. The molecule has 0 radical (unpaired) electrons. The molecule has 1 unspecified atom stereocenters. The Morgan fingerprint density at radius 2 is 1.70 bits per heavy atom. The van der Waals surface area contributed by atoms with Crippen LogP contribution in [-0.4, -0.2) is 23.2 Å². The number of amides is 1. The molecule has 0 saturated carbocycles. The monoisotopic (exact) mass is 386 g/mol. The van der Waals surface area contributed by atoms with Gasteiger partial charge in [0.15, 0.2) is 5.11 Å². The Morgan fingerprint density at radius 3 is 2.33 bits per heavy atom. The van der Waals surface area contributed by atoms with E-state index in [1.807, 2.05) is 45.0 Å². The second kappa shape index (κ2) is 9.92. The van der Waals surface area contributed by atoms with Crippen molar-refractivity contribution in [2.45, 2.75) is 46.3 Å². The van der Waals surface area contributed by atoms with Crippen molar-refractivity contribution >= 4 is 28.9 Å². The zero-order valence-corrected chi connectivity index (χ0v) is 16.9. The normalized spacial score (nSPS) is 11.6. The first kappa shape index (κ1) is 20.7. The van der Waals surface area contributed by atoms with E-state index in [0.717, 1.165) is 12.2 Å². The van der Waals surface area contributed by atoms with Gasteiger partial charge in [0.05, 0.1) is 17.9 Å². The SMILES string of the molecule is CCC(C)Oc1ccc(C(=O)NC(=S)Nc2ccccc2OC(C)C)cc1. The maximum Gasteiger partial charge on any atom is 0.257 e. The predicted octanol–water partition coefficient (Wildman–Crippen LogP) is 4.78. The van der Waals surface area contributed by atoms with E-state index >= 15 is 0 Å². The molecule has 0 aliphatic heterocycles. The lowest BCUT2D eigenvalue weighted by molar-refractivity contribution is 0.0977. The van der Waals surface area contributed by atoms with Crippen LogP contribution < -0.4 is 20.1 Å². The molecule has 0 aliphatic carbocycles. The van der Waals surface area contributed by atoms with Crippen molar-refractivity contribution in [2.75, 3.05) is 5.32 Å². The molecule has 1 amide bonds. The Bertz CT molecular complexity index is 775. The predicted molar refractivity (Wildman–Crippen MR) is 113 cm³/mol. The fourth-order valence-corrected chi connectivity index (χ4v) is 2.46. The molecule has 6 heteroatoms. The Morgan fingerprint density at radius 1 is 1.04 bits per heavy atom. The number of benzene rings is 2. The van der Waals surface area contributed by atoms with Crippen LogP contribution in [0.1, 0.15) is 44.5 Å². The highest BCUT2D eigenvalue weighted by atomic mass is 32.1. The Balaban J connectivity index is 1.97. The Labute approximate surface area is 166 Å². The number of hydrogen-bond donors (Lipinski definition) is 2. The summed E-state index contributed by atoms with van der Waals surface area (Å²) in [6.07, 6.45) is 1.09. The summed E-state index contributed by atoms with van der Waals surface area (Å²) in [5, 5.41) is 5.90. The van der Waals surface area contributed by atoms with Gasteiger partial charge >= 0.3 is 0 Å². The molecule has 0 heterocycles. The quantitative estimate of drug-likeness (QED) is 0.671. The summed E-state index contributed by atoms with van der Waals surface area (Å²) in [5.74, 6) is 1.13. The van der Waals surface area contributed by atoms with Gasteiger partial charge in [0.1, 0.15) is 11.5 Å². The lowest BCUT2D eigenvalue weighted by Gasteiger charge is -2.16. The number of anilines is 1. The smallest absolute Gasteiger partial charge is 0.257 e. The second-order valence-electron chi connectivity index (χ2n) is 6.43. The molecule has 2 aromatic rings. The summed E-state index contributed by atoms with van der Waals surface area (Å²) in [4.78, 5) is 12.4. The van der Waals surface area contributed by atoms with Gasteiger partial charge in [0.2, 0.25) is 0 Å². The Kier molecular flexibility index (Phi) is 7.61. The summed E-state index contributed by atoms with van der Waals surface area (Å²) in [5.41, 5.74) is 1.20. The zero-order valence-electron chi connectivity index (χ0n) is 16.1. The van der Waals surface area contributed by atoms with E-state index in [-0.39, 0.29) is 23.2 Å². The molecule has 2 N–H and O–H groups in total. The fourth-order valence-electron chi connectivity index (χ4n) is 2.26. The minimum Gasteiger partial charge on any atom is -0.491 e. The summed E-state index contributed by atoms with van der Waals surface area (Å²) < 4.78 is 11.5. The molecule has 144 valence electrons. The van der Waals surface area contributed by atoms with E-state index in [1.165, 1.54) is 0 Å². The molecule has 0 spiro atoms. The average Bonchev–Trinajstić information content (AvgIpc) is 2.63. The van der Waals surface area contributed by atoms with Gasteiger partial charge in [-0.25, -0.2) is 0 Å². The number of rotatable bonds is 7. The van der Waals surface area contributed by atoms with E-state index < -0.39 is 0 Å². The molecular weight excluding hydrogens is 360 g/mol. The van der Waals surface area contributed by atoms with E-state index in [4.69, 9.17) is 21.7 Å². The van der Waals surface area contributed by atoms with Crippen LogP contribution >= 0.6 is 12.2 Å². The maximum atomic E-state index is 12.4. The van der Waals surface area contributed by atoms with Gasteiger partial charge in [-0.05, 0) is 75.8 Å². The molecule has 0 aromatic heterocycles. The minimum absolute atomic E-state index is 0.0345. The van der Waals surface area contributed by atoms with E-state index in [9.17, 15) is 4.79 Å². The highest BCUT2D eigenvalue weighted by Crippen LogP contribution is 2.24. The summed E-state index contributed by atoms with van der Waals surface area (Å²) in [6, 6.07) is 14.4. The number of nitrogens with one attached hydrogen (secondary N) is 2. The lowest BCUT2D eigenvalue weighted by Crippen LogP contribution is -2.34. The number of hydrogen-bond acceptors (Lipinski definition) is 4. The first-order valence-corrected chi connectivity index (χ1v) is 9.44. The Hall–Kier alpha value is -2.60. The van der Waals surface area contributed by atoms with Crippen LogP contribution in [0.4, 0.5) is 5.69 Å². The van der Waals surface area contributed by atoms with Crippen LogP contribution in [0.5, 0.6) is 11.5 Å². The van der Waals surface area contributed by atoms with Gasteiger partial charge in [-0.1, -0.05) is 19.1 Å². The van der Waals surface area contributed by atoms with Crippen LogP contribution in [0.25, 0.3) is 0 Å². The molecule has 2 aromatic carbocycles. The van der Waals surface area contributed by atoms with Gasteiger partial charge in [0, 0.05) is 5.56 Å². The number of carbonyl (C=O) groups excluding carboxylic acids is 1. The van der Waals surface area contributed by atoms with Crippen molar-refractivity contribution < 1.29 is 14.3 Å². The molecule has 0 saturated heterocycles. The maximum absolute atomic E-state index is 12.4. The number of carbonyl (C=O) groups is 1. The third-order valence-corrected chi connectivity index (χ3v) is 3.96. The summed E-state index contributed by atoms with van der Waals surface area (Å²) in [6.45, 7) is 7.97. The van der Waals surface area contributed by atoms with E-state index in [2.05, 4.69) is 17.6 Å². The van der Waals surface area contributed by atoms with Crippen molar-refractivity contribution in [1.82, 2.24) is 5.32 Å². The van der Waals surface area contributed by atoms with Gasteiger partial charge in [0.25, 0.3) is 5.91 Å². The average molecular weight is 387 g/mol. The standard InChI is InChI=1S/C21H26N2O3S/c1-5-15(4)26-17-12-10-16(11-13-17)20(24)23-21(27)22-18-8-6-7-9-19(18)25-14(2)3/h6-15H,5H2,1-4H3,(H2,22,23,24,27). The zero-order chi connectivity index (χ0) is 19.8. The van der Waals surface area contributed by atoms with Crippen LogP contribution in [0, 0.1) is 0 Å². The molecule has 0 fully saturated rings. The van der Waals surface area contributed by atoms with Crippen LogP contribution in [0.3, 0.4) is 0 Å². The summed E-state index contributed by atoms with van der Waals surface area (Å²) in [7, 11) is 0. The highest BCUT2D eigenvalue weighted by Gasteiger charge is 2.11. The first-order chi connectivity index (χ1) is 12.9. The van der Waals surface area contributed by atoms with Crippen LogP contribution in [0.15, 0.2) is 48.5 Å². The van der Waals surface area contributed by atoms with Gasteiger partial charge in [-0.15, -0.1) is 0 Å². The summed E-state index contributed by atoms with van der Waals surface area (Å²) >= 11 is 5.26. The van der Waals surface area contributed by atoms with Gasteiger partial charge in [-0.3, -0.25) is 10.1 Å². The van der Waals surface area contributed by atoms with E-state index in [0.29, 0.717) is 17.0 Å². The van der Waals surface area contributed by atoms with Crippen LogP contribution in [-0.2, 0) is 0 Å². The molecule has 0 bridgehead atoms. The molecule has 27 heavy (non-hydrogen) atoms. The number of thiocarbonyl (C=S) groups is 1. The molecule has 2 rings (SSSR count). The van der Waals surface area contributed by atoms with Crippen molar-refractivity contribution in [3.8, 4) is 11.5 Å². The third kappa shape index (κ3) is 6.57. The molecule has 0 aliphatic rings. The third-order valence-electron chi connectivity index (χ3n) is 3.75. The largest absolute Gasteiger partial charge is 0.491 e. The topological polar surface area (TPSA) is 59.6 Å².